The lowest BCUT2D eigenvalue weighted by Crippen LogP contribution is -2.21. The molecule has 1 amide bonds. The maximum absolute atomic E-state index is 13.7. The number of nitrogens with one attached hydrogen (secondary N) is 1. The van der Waals surface area contributed by atoms with Crippen LogP contribution in [0, 0.1) is 0 Å². The van der Waals surface area contributed by atoms with Crippen molar-refractivity contribution in [2.45, 2.75) is 6.18 Å². The van der Waals surface area contributed by atoms with Crippen LogP contribution in [0.2, 0.25) is 5.02 Å². The van der Waals surface area contributed by atoms with Crippen molar-refractivity contribution in [3.63, 3.8) is 0 Å². The Morgan fingerprint density at radius 3 is 2.44 bits per heavy atom. The van der Waals surface area contributed by atoms with Crippen molar-refractivity contribution in [1.82, 2.24) is 9.78 Å². The van der Waals surface area contributed by atoms with Crippen molar-refractivity contribution in [1.29, 1.82) is 0 Å². The largest absolute Gasteiger partial charge is 0.495 e. The Hall–Kier alpha value is -3.00. The van der Waals surface area contributed by atoms with E-state index in [4.69, 9.17) is 16.3 Å². The molecule has 0 fully saturated rings. The van der Waals surface area contributed by atoms with Crippen molar-refractivity contribution in [3.05, 3.63) is 71.0 Å². The van der Waals surface area contributed by atoms with Gasteiger partial charge in [0, 0.05) is 5.02 Å². The van der Waals surface area contributed by atoms with Gasteiger partial charge in [-0.25, -0.2) is 4.68 Å². The normalized spacial score (nSPS) is 11.3. The van der Waals surface area contributed by atoms with Crippen LogP contribution in [0.15, 0.2) is 54.7 Å². The number of hydrogen-bond donors (Lipinski definition) is 1. The maximum Gasteiger partial charge on any atom is 0.434 e. The molecule has 1 heterocycles. The van der Waals surface area contributed by atoms with Gasteiger partial charge in [-0.05, 0) is 36.4 Å². The number of alkyl halides is 3. The van der Waals surface area contributed by atoms with Gasteiger partial charge >= 0.3 is 6.18 Å². The summed E-state index contributed by atoms with van der Waals surface area (Å²) >= 11 is 5.78. The van der Waals surface area contributed by atoms with E-state index in [2.05, 4.69) is 10.4 Å². The zero-order valence-corrected chi connectivity index (χ0v) is 14.7. The molecule has 0 spiro atoms. The van der Waals surface area contributed by atoms with E-state index in [0.717, 1.165) is 6.20 Å². The van der Waals surface area contributed by atoms with Crippen LogP contribution < -0.4 is 10.1 Å². The molecule has 0 aliphatic carbocycles. The summed E-state index contributed by atoms with van der Waals surface area (Å²) in [5.74, 6) is -0.628. The third-order valence-electron chi connectivity index (χ3n) is 3.71. The van der Waals surface area contributed by atoms with Crippen molar-refractivity contribution < 1.29 is 22.7 Å². The van der Waals surface area contributed by atoms with Gasteiger partial charge in [0.25, 0.3) is 5.91 Å². The minimum Gasteiger partial charge on any atom is -0.495 e. The first-order valence-corrected chi connectivity index (χ1v) is 8.04. The Balaban J connectivity index is 2.03. The second-order valence-corrected chi connectivity index (χ2v) is 5.88. The Morgan fingerprint density at radius 1 is 1.15 bits per heavy atom. The van der Waals surface area contributed by atoms with Crippen LogP contribution in [-0.2, 0) is 6.18 Å². The van der Waals surface area contributed by atoms with Crippen molar-refractivity contribution in [2.75, 3.05) is 12.4 Å². The summed E-state index contributed by atoms with van der Waals surface area (Å²) < 4.78 is 46.7. The highest BCUT2D eigenvalue weighted by Crippen LogP contribution is 2.34. The summed E-state index contributed by atoms with van der Waals surface area (Å²) in [7, 11) is 1.39. The van der Waals surface area contributed by atoms with Gasteiger partial charge in [0.15, 0.2) is 5.69 Å². The Labute approximate surface area is 157 Å². The molecule has 0 saturated heterocycles. The SMILES string of the molecule is COc1ccccc1NC(=O)c1cnn(-c2ccc(Cl)cc2)c1C(F)(F)F. The molecule has 0 bridgehead atoms. The molecule has 1 aromatic heterocycles. The van der Waals surface area contributed by atoms with Crippen molar-refractivity contribution in [3.8, 4) is 11.4 Å². The smallest absolute Gasteiger partial charge is 0.434 e. The molecule has 0 aliphatic heterocycles. The first kappa shape index (κ1) is 18.8. The Bertz CT molecular complexity index is 969. The molecule has 0 radical (unpaired) electrons. The van der Waals surface area contributed by atoms with Gasteiger partial charge in [0.1, 0.15) is 5.75 Å². The fourth-order valence-electron chi connectivity index (χ4n) is 2.50. The van der Waals surface area contributed by atoms with Gasteiger partial charge < -0.3 is 10.1 Å². The maximum atomic E-state index is 13.7. The van der Waals surface area contributed by atoms with E-state index in [-0.39, 0.29) is 11.4 Å². The van der Waals surface area contributed by atoms with Crippen LogP contribution in [0.25, 0.3) is 5.69 Å². The lowest BCUT2D eigenvalue weighted by atomic mass is 10.2. The molecule has 0 aliphatic rings. The van der Waals surface area contributed by atoms with Crippen LogP contribution in [0.4, 0.5) is 18.9 Å². The van der Waals surface area contributed by atoms with Crippen LogP contribution >= 0.6 is 11.6 Å². The van der Waals surface area contributed by atoms with Gasteiger partial charge in [0.2, 0.25) is 0 Å². The van der Waals surface area contributed by atoms with Crippen molar-refractivity contribution >= 4 is 23.2 Å². The summed E-state index contributed by atoms with van der Waals surface area (Å²) in [6, 6.07) is 12.0. The minimum atomic E-state index is -4.80. The zero-order chi connectivity index (χ0) is 19.6. The number of para-hydroxylation sites is 2. The quantitative estimate of drug-likeness (QED) is 0.690. The van der Waals surface area contributed by atoms with Crippen LogP contribution in [0.3, 0.4) is 0 Å². The number of ether oxygens (including phenoxy) is 1. The summed E-state index contributed by atoms with van der Waals surface area (Å²) in [5.41, 5.74) is -1.42. The molecule has 9 heteroatoms. The van der Waals surface area contributed by atoms with Gasteiger partial charge in [-0.1, -0.05) is 23.7 Å². The number of benzene rings is 2. The fourth-order valence-corrected chi connectivity index (χ4v) is 2.63. The molecule has 0 atom stereocenters. The minimum absolute atomic E-state index is 0.128. The highest BCUT2D eigenvalue weighted by molar-refractivity contribution is 6.30. The first-order valence-electron chi connectivity index (χ1n) is 7.67. The molecule has 0 unspecified atom stereocenters. The number of halogens is 4. The van der Waals surface area contributed by atoms with Crippen LogP contribution in [0.5, 0.6) is 5.75 Å². The second kappa shape index (κ2) is 7.32. The van der Waals surface area contributed by atoms with Crippen LogP contribution in [0.1, 0.15) is 16.1 Å². The lowest BCUT2D eigenvalue weighted by Gasteiger charge is -2.13. The molecule has 0 saturated carbocycles. The average Bonchev–Trinajstić information content (AvgIpc) is 3.08. The first-order chi connectivity index (χ1) is 12.8. The van der Waals surface area contributed by atoms with E-state index in [9.17, 15) is 18.0 Å². The zero-order valence-electron chi connectivity index (χ0n) is 13.9. The third kappa shape index (κ3) is 3.90. The highest BCUT2D eigenvalue weighted by Gasteiger charge is 2.40. The topological polar surface area (TPSA) is 56.1 Å². The number of hydrogen-bond acceptors (Lipinski definition) is 3. The number of rotatable bonds is 4. The van der Waals surface area contributed by atoms with Crippen LogP contribution in [-0.4, -0.2) is 22.8 Å². The third-order valence-corrected chi connectivity index (χ3v) is 3.96. The Morgan fingerprint density at radius 2 is 1.81 bits per heavy atom. The number of nitrogens with zero attached hydrogens (tertiary/aromatic N) is 2. The number of anilines is 1. The van der Waals surface area contributed by atoms with E-state index in [1.54, 1.807) is 18.2 Å². The van der Waals surface area contributed by atoms with Gasteiger partial charge in [0.05, 0.1) is 30.2 Å². The van der Waals surface area contributed by atoms with E-state index in [1.807, 2.05) is 0 Å². The molecule has 5 nitrogen and oxygen atoms in total. The number of carbonyl (C=O) groups excluding carboxylic acids is 1. The summed E-state index contributed by atoms with van der Waals surface area (Å²) in [6.45, 7) is 0. The number of carbonyl (C=O) groups is 1. The average molecular weight is 396 g/mol. The monoisotopic (exact) mass is 395 g/mol. The summed E-state index contributed by atoms with van der Waals surface area (Å²) in [4.78, 5) is 12.5. The molecule has 2 aromatic carbocycles. The molecule has 3 aromatic rings. The Kier molecular flexibility index (Phi) is 5.09. The van der Waals surface area contributed by atoms with E-state index in [0.29, 0.717) is 15.5 Å². The fraction of sp³-hybridized carbons (Fsp3) is 0.111. The summed E-state index contributed by atoms with van der Waals surface area (Å²) in [5, 5.41) is 6.54. The predicted octanol–water partition coefficient (Wildman–Crippen LogP) is 4.81. The summed E-state index contributed by atoms with van der Waals surface area (Å²) in [6.07, 6.45) is -3.92. The number of amides is 1. The molecule has 140 valence electrons. The standard InChI is InChI=1S/C18H13ClF3N3O2/c1-27-15-5-3-2-4-14(15)24-17(26)13-10-23-25(16(13)18(20,21)22)12-8-6-11(19)7-9-12/h2-10H,1H3,(H,24,26). The molecular weight excluding hydrogens is 383 g/mol. The lowest BCUT2D eigenvalue weighted by molar-refractivity contribution is -0.143. The molecule has 1 N–H and O–H groups in total. The predicted molar refractivity (Wildman–Crippen MR) is 94.5 cm³/mol. The second-order valence-electron chi connectivity index (χ2n) is 5.45. The highest BCUT2D eigenvalue weighted by atomic mass is 35.5. The van der Waals surface area contributed by atoms with E-state index < -0.39 is 23.3 Å². The van der Waals surface area contributed by atoms with Gasteiger partial charge in [-0.2, -0.15) is 18.3 Å². The molecule has 3 rings (SSSR count). The molecular formula is C18H13ClF3N3O2. The van der Waals surface area contributed by atoms with Gasteiger partial charge in [-0.15, -0.1) is 0 Å². The van der Waals surface area contributed by atoms with Crippen molar-refractivity contribution in [2.24, 2.45) is 0 Å². The van der Waals surface area contributed by atoms with E-state index >= 15 is 0 Å². The number of aromatic nitrogens is 2. The van der Waals surface area contributed by atoms with E-state index in [1.165, 1.54) is 37.4 Å². The number of methoxy groups -OCH3 is 1. The molecule has 27 heavy (non-hydrogen) atoms. The van der Waals surface area contributed by atoms with Gasteiger partial charge in [-0.3, -0.25) is 4.79 Å².